The second kappa shape index (κ2) is 9.32. The lowest BCUT2D eigenvalue weighted by Crippen LogP contribution is -2.31. The standard InChI is InChI=1S/C37H28N4O/c1-37(2)30-14-4-6-17-33(30)40(36-31(37)15-10-22-39-36)25-11-9-12-26(23-25)42-27-19-20-29-28-13-3-5-16-32(28)41(34(29)24-27)35-18-7-8-21-38-35/h3-24H,1-2H3. The Morgan fingerprint density at radius 1 is 0.595 bits per heavy atom. The van der Waals surface area contributed by atoms with E-state index in [1.165, 1.54) is 16.5 Å². The van der Waals surface area contributed by atoms with Crippen molar-refractivity contribution >= 4 is 39.0 Å². The van der Waals surface area contributed by atoms with Crippen molar-refractivity contribution in [2.45, 2.75) is 19.3 Å². The molecule has 0 N–H and O–H groups in total. The van der Waals surface area contributed by atoms with Crippen molar-refractivity contribution in [1.82, 2.24) is 14.5 Å². The first kappa shape index (κ1) is 24.4. The number of anilines is 3. The van der Waals surface area contributed by atoms with Gasteiger partial charge in [-0.15, -0.1) is 0 Å². The first-order valence-corrected chi connectivity index (χ1v) is 14.2. The number of hydrogen-bond donors (Lipinski definition) is 0. The minimum absolute atomic E-state index is 0.160. The summed E-state index contributed by atoms with van der Waals surface area (Å²) in [5.74, 6) is 3.34. The summed E-state index contributed by atoms with van der Waals surface area (Å²) < 4.78 is 8.74. The van der Waals surface area contributed by atoms with E-state index in [2.05, 4.69) is 107 Å². The van der Waals surface area contributed by atoms with Gasteiger partial charge in [-0.05, 0) is 60.2 Å². The van der Waals surface area contributed by atoms with Crippen LogP contribution in [0.2, 0.25) is 0 Å². The SMILES string of the molecule is CC1(C)c2ccccc2N(c2cccc(Oc3ccc4c5ccccc5n(-c5ccccn5)c4c3)c2)c2ncccc21. The van der Waals surface area contributed by atoms with Crippen molar-refractivity contribution in [2.75, 3.05) is 4.90 Å². The van der Waals surface area contributed by atoms with Crippen LogP contribution in [0.4, 0.5) is 17.2 Å². The monoisotopic (exact) mass is 544 g/mol. The predicted octanol–water partition coefficient (Wildman–Crippen LogP) is 9.48. The lowest BCUT2D eigenvalue weighted by atomic mass is 9.74. The van der Waals surface area contributed by atoms with Gasteiger partial charge in [-0.2, -0.15) is 0 Å². The van der Waals surface area contributed by atoms with E-state index in [0.29, 0.717) is 0 Å². The van der Waals surface area contributed by atoms with Crippen molar-refractivity contribution in [3.8, 4) is 17.3 Å². The van der Waals surface area contributed by atoms with Gasteiger partial charge in [0.05, 0.1) is 22.4 Å². The zero-order valence-electron chi connectivity index (χ0n) is 23.4. The van der Waals surface area contributed by atoms with E-state index in [9.17, 15) is 0 Å². The first-order chi connectivity index (χ1) is 20.6. The molecule has 1 aliphatic rings. The summed E-state index contributed by atoms with van der Waals surface area (Å²) in [5, 5.41) is 2.34. The van der Waals surface area contributed by atoms with Crippen molar-refractivity contribution < 1.29 is 4.74 Å². The Bertz CT molecular complexity index is 2060. The van der Waals surface area contributed by atoms with Crippen LogP contribution in [0, 0.1) is 0 Å². The van der Waals surface area contributed by atoms with Gasteiger partial charge in [0.2, 0.25) is 0 Å². The summed E-state index contributed by atoms with van der Waals surface area (Å²) in [4.78, 5) is 11.8. The largest absolute Gasteiger partial charge is 0.457 e. The Labute approximate surface area is 244 Å². The van der Waals surface area contributed by atoms with Gasteiger partial charge >= 0.3 is 0 Å². The molecule has 4 heterocycles. The summed E-state index contributed by atoms with van der Waals surface area (Å²) >= 11 is 0. The highest BCUT2D eigenvalue weighted by Gasteiger charge is 2.37. The molecule has 42 heavy (non-hydrogen) atoms. The fourth-order valence-electron chi connectivity index (χ4n) is 6.35. The summed E-state index contributed by atoms with van der Waals surface area (Å²) in [7, 11) is 0. The second-order valence-electron chi connectivity index (χ2n) is 11.2. The maximum atomic E-state index is 6.54. The van der Waals surface area contributed by atoms with Gasteiger partial charge in [0.1, 0.15) is 23.1 Å². The maximum Gasteiger partial charge on any atom is 0.141 e. The third-order valence-corrected chi connectivity index (χ3v) is 8.33. The molecule has 0 saturated carbocycles. The number of aromatic nitrogens is 3. The molecule has 0 atom stereocenters. The van der Waals surface area contributed by atoms with Gasteiger partial charge in [-0.1, -0.05) is 68.4 Å². The average Bonchev–Trinajstić information content (AvgIpc) is 3.35. The normalized spacial score (nSPS) is 13.6. The molecule has 0 unspecified atom stereocenters. The minimum Gasteiger partial charge on any atom is -0.457 e. The van der Waals surface area contributed by atoms with Gasteiger partial charge in [-0.25, -0.2) is 9.97 Å². The Balaban J connectivity index is 1.23. The van der Waals surface area contributed by atoms with E-state index in [0.717, 1.165) is 50.9 Å². The van der Waals surface area contributed by atoms with Crippen LogP contribution in [-0.2, 0) is 5.41 Å². The molecular formula is C37H28N4O. The fraction of sp³-hybridized carbons (Fsp3) is 0.0811. The molecule has 5 nitrogen and oxygen atoms in total. The maximum absolute atomic E-state index is 6.54. The number of benzene rings is 4. The molecule has 0 aliphatic carbocycles. The first-order valence-electron chi connectivity index (χ1n) is 14.2. The van der Waals surface area contributed by atoms with Gasteiger partial charge in [0, 0.05) is 46.3 Å². The molecule has 3 aromatic heterocycles. The van der Waals surface area contributed by atoms with Gasteiger partial charge < -0.3 is 4.74 Å². The van der Waals surface area contributed by atoms with Gasteiger partial charge in [0.25, 0.3) is 0 Å². The Hall–Kier alpha value is -5.42. The predicted molar refractivity (Wildman–Crippen MR) is 170 cm³/mol. The van der Waals surface area contributed by atoms with Gasteiger partial charge in [-0.3, -0.25) is 9.47 Å². The third-order valence-electron chi connectivity index (χ3n) is 8.33. The number of ether oxygens (including phenoxy) is 1. The lowest BCUT2D eigenvalue weighted by molar-refractivity contribution is 0.483. The van der Waals surface area contributed by atoms with Crippen LogP contribution in [0.25, 0.3) is 27.6 Å². The molecule has 0 amide bonds. The van der Waals surface area contributed by atoms with Crippen molar-refractivity contribution in [3.63, 3.8) is 0 Å². The van der Waals surface area contributed by atoms with E-state index in [4.69, 9.17) is 9.72 Å². The molecule has 5 heteroatoms. The van der Waals surface area contributed by atoms with Gasteiger partial charge in [0.15, 0.2) is 0 Å². The van der Waals surface area contributed by atoms with Crippen LogP contribution in [-0.4, -0.2) is 14.5 Å². The number of fused-ring (bicyclic) bond motifs is 5. The molecule has 202 valence electrons. The Morgan fingerprint density at radius 3 is 2.26 bits per heavy atom. The molecule has 0 radical (unpaired) electrons. The number of pyridine rings is 2. The van der Waals surface area contributed by atoms with E-state index in [1.807, 2.05) is 54.9 Å². The summed E-state index contributed by atoms with van der Waals surface area (Å²) in [6, 6.07) is 41.7. The highest BCUT2D eigenvalue weighted by Crippen LogP contribution is 2.51. The van der Waals surface area contributed by atoms with Crippen LogP contribution in [0.5, 0.6) is 11.5 Å². The number of nitrogens with zero attached hydrogens (tertiary/aromatic N) is 4. The van der Waals surface area contributed by atoms with Crippen LogP contribution in [0.1, 0.15) is 25.0 Å². The molecule has 0 spiro atoms. The molecular weight excluding hydrogens is 516 g/mol. The van der Waals surface area contributed by atoms with Crippen LogP contribution in [0.15, 0.2) is 134 Å². The van der Waals surface area contributed by atoms with E-state index < -0.39 is 0 Å². The quantitative estimate of drug-likeness (QED) is 0.221. The Morgan fingerprint density at radius 2 is 1.36 bits per heavy atom. The van der Waals surface area contributed by atoms with E-state index >= 15 is 0 Å². The number of para-hydroxylation sites is 2. The van der Waals surface area contributed by atoms with Crippen molar-refractivity contribution in [1.29, 1.82) is 0 Å². The molecule has 4 aromatic carbocycles. The molecule has 0 fully saturated rings. The number of rotatable bonds is 4. The molecule has 7 aromatic rings. The summed E-state index contributed by atoms with van der Waals surface area (Å²) in [5.41, 5.74) is 6.60. The van der Waals surface area contributed by atoms with Crippen LogP contribution < -0.4 is 9.64 Å². The third kappa shape index (κ3) is 3.71. The lowest BCUT2D eigenvalue weighted by Gasteiger charge is -2.40. The van der Waals surface area contributed by atoms with Crippen molar-refractivity contribution in [2.24, 2.45) is 0 Å². The highest BCUT2D eigenvalue weighted by atomic mass is 16.5. The van der Waals surface area contributed by atoms with Crippen molar-refractivity contribution in [3.05, 3.63) is 145 Å². The fourth-order valence-corrected chi connectivity index (χ4v) is 6.35. The molecule has 0 saturated heterocycles. The smallest absolute Gasteiger partial charge is 0.141 e. The van der Waals surface area contributed by atoms with E-state index in [-0.39, 0.29) is 5.41 Å². The minimum atomic E-state index is -0.160. The zero-order valence-corrected chi connectivity index (χ0v) is 23.4. The van der Waals surface area contributed by atoms with E-state index in [1.54, 1.807) is 0 Å². The van der Waals surface area contributed by atoms with Crippen LogP contribution >= 0.6 is 0 Å². The highest BCUT2D eigenvalue weighted by molar-refractivity contribution is 6.09. The average molecular weight is 545 g/mol. The second-order valence-corrected chi connectivity index (χ2v) is 11.2. The topological polar surface area (TPSA) is 43.2 Å². The zero-order chi connectivity index (χ0) is 28.3. The molecule has 8 rings (SSSR count). The number of hydrogen-bond acceptors (Lipinski definition) is 4. The summed E-state index contributed by atoms with van der Waals surface area (Å²) in [6.07, 6.45) is 3.70. The summed E-state index contributed by atoms with van der Waals surface area (Å²) in [6.45, 7) is 4.53. The molecule has 1 aliphatic heterocycles. The van der Waals surface area contributed by atoms with Crippen LogP contribution in [0.3, 0.4) is 0 Å². The molecule has 0 bridgehead atoms. The Kier molecular flexibility index (Phi) is 5.41.